The minimum Gasteiger partial charge on any atom is -0.456 e. The molecule has 10 rings (SSSR count). The highest BCUT2D eigenvalue weighted by atomic mass is 16.3. The highest BCUT2D eigenvalue weighted by molar-refractivity contribution is 6.20. The van der Waals surface area contributed by atoms with Crippen molar-refractivity contribution in [1.82, 2.24) is 4.57 Å². The summed E-state index contributed by atoms with van der Waals surface area (Å²) < 4.78 is 15.4. The normalized spacial score (nSPS) is 12.0. The molecule has 0 spiro atoms. The second-order valence-corrected chi connectivity index (χ2v) is 11.7. The first-order chi connectivity index (χ1) is 22.3. The fraction of sp³-hybridized carbons (Fsp3) is 0. The van der Waals surface area contributed by atoms with Crippen LogP contribution in [0.5, 0.6) is 0 Å². The average Bonchev–Trinajstić information content (AvgIpc) is 3.75. The third-order valence-electron chi connectivity index (χ3n) is 9.16. The van der Waals surface area contributed by atoms with Gasteiger partial charge in [-0.1, -0.05) is 91.0 Å². The summed E-state index contributed by atoms with van der Waals surface area (Å²) in [5, 5.41) is 6.91. The van der Waals surface area contributed by atoms with Crippen LogP contribution in [0.3, 0.4) is 0 Å². The van der Waals surface area contributed by atoms with E-state index < -0.39 is 0 Å². The Morgan fingerprint density at radius 2 is 1.16 bits per heavy atom. The Morgan fingerprint density at radius 3 is 2.07 bits per heavy atom. The summed E-state index contributed by atoms with van der Waals surface area (Å²) in [4.78, 5) is 0. The lowest BCUT2D eigenvalue weighted by Gasteiger charge is -2.10. The molecule has 3 nitrogen and oxygen atoms in total. The van der Waals surface area contributed by atoms with Gasteiger partial charge in [0.15, 0.2) is 5.58 Å². The van der Waals surface area contributed by atoms with Gasteiger partial charge in [0.1, 0.15) is 22.3 Å². The maximum atomic E-state index is 6.62. The van der Waals surface area contributed by atoms with E-state index in [0.717, 1.165) is 82.9 Å². The molecule has 0 aliphatic carbocycles. The van der Waals surface area contributed by atoms with Crippen molar-refractivity contribution in [1.29, 1.82) is 0 Å². The fourth-order valence-electron chi connectivity index (χ4n) is 7.10. The van der Waals surface area contributed by atoms with E-state index in [9.17, 15) is 0 Å². The summed E-state index contributed by atoms with van der Waals surface area (Å²) in [5.41, 5.74) is 11.5. The second kappa shape index (κ2) is 9.22. The molecule has 0 aliphatic rings. The van der Waals surface area contributed by atoms with E-state index >= 15 is 0 Å². The van der Waals surface area contributed by atoms with Gasteiger partial charge >= 0.3 is 0 Å². The molecule has 0 radical (unpaired) electrons. The third kappa shape index (κ3) is 3.58. The highest BCUT2D eigenvalue weighted by Gasteiger charge is 2.22. The first-order valence-corrected chi connectivity index (χ1v) is 15.3. The number of hydrogen-bond acceptors (Lipinski definition) is 2. The molecule has 45 heavy (non-hydrogen) atoms. The largest absolute Gasteiger partial charge is 0.456 e. The second-order valence-electron chi connectivity index (χ2n) is 11.7. The molecule has 10 aromatic rings. The summed E-state index contributed by atoms with van der Waals surface area (Å²) in [5.74, 6) is 0. The minimum absolute atomic E-state index is 0.884. The Morgan fingerprint density at radius 1 is 0.422 bits per heavy atom. The zero-order chi connectivity index (χ0) is 29.5. The quantitative estimate of drug-likeness (QED) is 0.210. The first-order valence-electron chi connectivity index (χ1n) is 15.3. The van der Waals surface area contributed by atoms with E-state index in [1.165, 1.54) is 10.8 Å². The Kier molecular flexibility index (Phi) is 5.00. The Balaban J connectivity index is 1.17. The number of para-hydroxylation sites is 2. The number of rotatable bonds is 3. The zero-order valence-electron chi connectivity index (χ0n) is 24.2. The maximum Gasteiger partial charge on any atom is 0.161 e. The van der Waals surface area contributed by atoms with Gasteiger partial charge in [0.25, 0.3) is 0 Å². The molecular formula is C42H25NO2. The molecule has 0 aliphatic heterocycles. The smallest absolute Gasteiger partial charge is 0.161 e. The number of nitrogens with zero attached hydrogens (tertiary/aromatic N) is 1. The Labute approximate surface area is 258 Å². The molecule has 3 heterocycles. The number of furan rings is 2. The molecule has 0 saturated carbocycles. The summed E-state index contributed by atoms with van der Waals surface area (Å²) in [6.45, 7) is 0. The van der Waals surface area contributed by atoms with Crippen LogP contribution in [0.2, 0.25) is 0 Å². The first kappa shape index (κ1) is 24.4. The van der Waals surface area contributed by atoms with Crippen molar-refractivity contribution in [2.75, 3.05) is 0 Å². The van der Waals surface area contributed by atoms with Crippen LogP contribution in [0, 0.1) is 0 Å². The van der Waals surface area contributed by atoms with Crippen molar-refractivity contribution in [3.05, 3.63) is 152 Å². The van der Waals surface area contributed by atoms with E-state index in [1.807, 2.05) is 0 Å². The molecule has 0 fully saturated rings. The van der Waals surface area contributed by atoms with Crippen molar-refractivity contribution in [2.45, 2.75) is 0 Å². The van der Waals surface area contributed by atoms with Gasteiger partial charge in [0.05, 0.1) is 10.9 Å². The van der Waals surface area contributed by atoms with Gasteiger partial charge in [0, 0.05) is 21.8 Å². The lowest BCUT2D eigenvalue weighted by atomic mass is 9.96. The van der Waals surface area contributed by atoms with Crippen LogP contribution in [0.1, 0.15) is 0 Å². The van der Waals surface area contributed by atoms with Crippen molar-refractivity contribution in [3.63, 3.8) is 0 Å². The van der Waals surface area contributed by atoms with Gasteiger partial charge in [0.2, 0.25) is 0 Å². The standard InChI is InChI=1S/C42H25NO2/c1-2-14-31(15-3-1)43-36-18-7-6-16-34(36)42-41(43)40-32(17-9-19-37(40)45-42)30-13-8-12-26(22-30)29-20-21-33-35-23-27-10-4-5-11-28(27)24-39(35)44-38(33)25-29/h1-25H. The van der Waals surface area contributed by atoms with Crippen LogP contribution >= 0.6 is 0 Å². The minimum atomic E-state index is 0.884. The summed E-state index contributed by atoms with van der Waals surface area (Å²) in [6, 6.07) is 53.6. The molecular weight excluding hydrogens is 550 g/mol. The van der Waals surface area contributed by atoms with Gasteiger partial charge in [-0.05, 0) is 93.7 Å². The van der Waals surface area contributed by atoms with Crippen LogP contribution < -0.4 is 0 Å². The predicted octanol–water partition coefficient (Wildman–Crippen LogP) is 11.9. The summed E-state index contributed by atoms with van der Waals surface area (Å²) in [6.07, 6.45) is 0. The van der Waals surface area contributed by atoms with Gasteiger partial charge in [-0.15, -0.1) is 0 Å². The topological polar surface area (TPSA) is 31.2 Å². The predicted molar refractivity (Wildman–Crippen MR) is 186 cm³/mol. The fourth-order valence-corrected chi connectivity index (χ4v) is 7.10. The molecule has 0 bridgehead atoms. The summed E-state index contributed by atoms with van der Waals surface area (Å²) >= 11 is 0. The van der Waals surface area contributed by atoms with Crippen LogP contribution in [0.25, 0.3) is 93.6 Å². The van der Waals surface area contributed by atoms with Gasteiger partial charge < -0.3 is 13.4 Å². The average molecular weight is 576 g/mol. The van der Waals surface area contributed by atoms with E-state index in [-0.39, 0.29) is 0 Å². The van der Waals surface area contributed by atoms with Gasteiger partial charge in [-0.25, -0.2) is 0 Å². The van der Waals surface area contributed by atoms with Crippen LogP contribution in [-0.2, 0) is 0 Å². The number of hydrogen-bond donors (Lipinski definition) is 0. The maximum absolute atomic E-state index is 6.62. The lowest BCUT2D eigenvalue weighted by Crippen LogP contribution is -1.93. The molecule has 3 heteroatoms. The van der Waals surface area contributed by atoms with Gasteiger partial charge in [-0.2, -0.15) is 0 Å². The molecule has 7 aromatic carbocycles. The third-order valence-corrected chi connectivity index (χ3v) is 9.16. The molecule has 0 N–H and O–H groups in total. The number of fused-ring (bicyclic) bond motifs is 9. The SMILES string of the molecule is c1ccc(-n2c3ccccc3c3oc4cccc(-c5cccc(-c6ccc7c(c6)oc6cc8ccccc8cc67)c5)c4c32)cc1. The van der Waals surface area contributed by atoms with E-state index in [1.54, 1.807) is 0 Å². The van der Waals surface area contributed by atoms with E-state index in [2.05, 4.69) is 156 Å². The molecule has 0 atom stereocenters. The molecule has 0 amide bonds. The van der Waals surface area contributed by atoms with E-state index in [0.29, 0.717) is 0 Å². The van der Waals surface area contributed by atoms with Crippen LogP contribution in [0.4, 0.5) is 0 Å². The zero-order valence-corrected chi connectivity index (χ0v) is 24.2. The molecule has 210 valence electrons. The van der Waals surface area contributed by atoms with Gasteiger partial charge in [-0.3, -0.25) is 0 Å². The monoisotopic (exact) mass is 575 g/mol. The lowest BCUT2D eigenvalue weighted by molar-refractivity contribution is 0.669. The molecule has 3 aromatic heterocycles. The van der Waals surface area contributed by atoms with Crippen LogP contribution in [0.15, 0.2) is 160 Å². The number of aromatic nitrogens is 1. The highest BCUT2D eigenvalue weighted by Crippen LogP contribution is 2.43. The molecule has 0 unspecified atom stereocenters. The van der Waals surface area contributed by atoms with Crippen molar-refractivity contribution < 1.29 is 8.83 Å². The van der Waals surface area contributed by atoms with Crippen molar-refractivity contribution >= 4 is 65.7 Å². The van der Waals surface area contributed by atoms with Crippen LogP contribution in [-0.4, -0.2) is 4.57 Å². The van der Waals surface area contributed by atoms with Crippen molar-refractivity contribution in [3.8, 4) is 27.9 Å². The summed E-state index contributed by atoms with van der Waals surface area (Å²) in [7, 11) is 0. The van der Waals surface area contributed by atoms with E-state index in [4.69, 9.17) is 8.83 Å². The Bertz CT molecular complexity index is 2760. The number of benzene rings is 7. The molecule has 0 saturated heterocycles. The van der Waals surface area contributed by atoms with Crippen molar-refractivity contribution in [2.24, 2.45) is 0 Å². The Hall–Kier alpha value is -6.06.